The zero-order valence-electron chi connectivity index (χ0n) is 21.7. The molecular weight excluding hydrogens is 543 g/mol. The van der Waals surface area contributed by atoms with Gasteiger partial charge in [-0.2, -0.15) is 0 Å². The van der Waals surface area contributed by atoms with Crippen LogP contribution in [0.5, 0.6) is 17.2 Å². The van der Waals surface area contributed by atoms with Crippen LogP contribution in [-0.2, 0) is 11.3 Å². The third kappa shape index (κ3) is 4.51. The Labute approximate surface area is 236 Å². The lowest BCUT2D eigenvalue weighted by molar-refractivity contribution is -0.114. The quantitative estimate of drug-likeness (QED) is 0.341. The molecule has 3 aromatic rings. The highest BCUT2D eigenvalue weighted by Crippen LogP contribution is 2.48. The first-order chi connectivity index (χ1) is 18.8. The van der Waals surface area contributed by atoms with Crippen LogP contribution in [0, 0.1) is 0 Å². The van der Waals surface area contributed by atoms with Crippen molar-refractivity contribution in [2.45, 2.75) is 13.5 Å². The van der Waals surface area contributed by atoms with Crippen LogP contribution in [-0.4, -0.2) is 50.8 Å². The van der Waals surface area contributed by atoms with E-state index in [1.165, 1.54) is 25.2 Å². The molecule has 0 radical (unpaired) electrons. The summed E-state index contributed by atoms with van der Waals surface area (Å²) >= 11 is 13.3. The summed E-state index contributed by atoms with van der Waals surface area (Å²) in [4.78, 5) is 35.6. The molecule has 0 aliphatic carbocycles. The van der Waals surface area contributed by atoms with Crippen LogP contribution < -0.4 is 28.9 Å². The number of ether oxygens (including phenoxy) is 3. The predicted molar refractivity (Wildman–Crippen MR) is 152 cm³/mol. The fourth-order valence-corrected chi connectivity index (χ4v) is 5.50. The molecular formula is C28H26Cl2N4O5. The smallest absolute Gasteiger partial charge is 0.329 e. The number of halogens is 2. The molecule has 9 nitrogen and oxygen atoms in total. The minimum absolute atomic E-state index is 0.188. The van der Waals surface area contributed by atoms with Crippen LogP contribution in [0.15, 0.2) is 49.2 Å². The maximum absolute atomic E-state index is 13.8. The summed E-state index contributed by atoms with van der Waals surface area (Å²) in [5.41, 5.74) is 3.89. The Kier molecular flexibility index (Phi) is 7.29. The number of aromatic nitrogens is 1. The number of nitrogens with zero attached hydrogens (tertiary/aromatic N) is 4. The number of carbonyl (C=O) groups excluding carboxylic acids is 2. The second-order valence-electron chi connectivity index (χ2n) is 8.79. The van der Waals surface area contributed by atoms with E-state index in [0.717, 1.165) is 16.8 Å². The summed E-state index contributed by atoms with van der Waals surface area (Å²) < 4.78 is 16.5. The fourth-order valence-electron chi connectivity index (χ4n) is 4.80. The highest BCUT2D eigenvalue weighted by Gasteiger charge is 2.35. The molecule has 2 aliphatic heterocycles. The number of hydrogen-bond donors (Lipinski definition) is 0. The summed E-state index contributed by atoms with van der Waals surface area (Å²) in [5.74, 6) is 1.08. The van der Waals surface area contributed by atoms with Crippen molar-refractivity contribution in [2.75, 3.05) is 48.6 Å². The molecule has 0 N–H and O–H groups in total. The molecule has 0 bridgehead atoms. The van der Waals surface area contributed by atoms with Gasteiger partial charge in [0, 0.05) is 29.9 Å². The molecule has 0 atom stereocenters. The van der Waals surface area contributed by atoms with Crippen molar-refractivity contribution < 1.29 is 23.8 Å². The third-order valence-electron chi connectivity index (χ3n) is 6.74. The number of pyridine rings is 1. The van der Waals surface area contributed by atoms with Gasteiger partial charge in [0.2, 0.25) is 0 Å². The predicted octanol–water partition coefficient (Wildman–Crippen LogP) is 5.95. The molecule has 2 aromatic carbocycles. The van der Waals surface area contributed by atoms with E-state index < -0.39 is 0 Å². The van der Waals surface area contributed by atoms with Gasteiger partial charge in [0.15, 0.2) is 0 Å². The number of anilines is 3. The molecule has 11 heteroatoms. The van der Waals surface area contributed by atoms with Gasteiger partial charge < -0.3 is 19.1 Å². The van der Waals surface area contributed by atoms with E-state index in [0.29, 0.717) is 54.0 Å². The first-order valence-corrected chi connectivity index (χ1v) is 13.0. The van der Waals surface area contributed by atoms with Crippen molar-refractivity contribution in [2.24, 2.45) is 0 Å². The lowest BCUT2D eigenvalue weighted by Crippen LogP contribution is -2.47. The second kappa shape index (κ2) is 10.7. The van der Waals surface area contributed by atoms with Gasteiger partial charge in [0.25, 0.3) is 5.91 Å². The van der Waals surface area contributed by atoms with Crippen LogP contribution in [0.3, 0.4) is 0 Å². The number of hydrogen-bond acceptors (Lipinski definition) is 6. The van der Waals surface area contributed by atoms with Crippen molar-refractivity contribution in [1.82, 2.24) is 4.98 Å². The topological polar surface area (TPSA) is 84.4 Å². The van der Waals surface area contributed by atoms with E-state index in [1.54, 1.807) is 22.1 Å². The van der Waals surface area contributed by atoms with Crippen LogP contribution in [0.4, 0.5) is 21.9 Å². The summed E-state index contributed by atoms with van der Waals surface area (Å²) in [6, 6.07) is 8.70. The number of urea groups is 1. The van der Waals surface area contributed by atoms with Crippen molar-refractivity contribution in [3.63, 3.8) is 0 Å². The van der Waals surface area contributed by atoms with Crippen LogP contribution in [0.25, 0.3) is 11.3 Å². The van der Waals surface area contributed by atoms with E-state index >= 15 is 0 Å². The lowest BCUT2D eigenvalue weighted by Gasteiger charge is -2.37. The van der Waals surface area contributed by atoms with E-state index in [-0.39, 0.29) is 28.5 Å². The molecule has 0 saturated carbocycles. The lowest BCUT2D eigenvalue weighted by atomic mass is 10.0. The Morgan fingerprint density at radius 3 is 2.49 bits per heavy atom. The van der Waals surface area contributed by atoms with Crippen molar-refractivity contribution in [3.05, 3.63) is 64.8 Å². The molecule has 0 unspecified atom stereocenters. The Hall–Kier alpha value is -3.95. The van der Waals surface area contributed by atoms with E-state index in [9.17, 15) is 9.59 Å². The molecule has 3 amide bonds. The third-order valence-corrected chi connectivity index (χ3v) is 7.47. The Bertz CT molecular complexity index is 1470. The zero-order valence-corrected chi connectivity index (χ0v) is 23.2. The molecule has 202 valence electrons. The monoisotopic (exact) mass is 568 g/mol. The average molecular weight is 569 g/mol. The maximum Gasteiger partial charge on any atom is 0.329 e. The van der Waals surface area contributed by atoms with Crippen LogP contribution in [0.2, 0.25) is 10.0 Å². The molecule has 1 aromatic heterocycles. The zero-order chi connectivity index (χ0) is 27.8. The van der Waals surface area contributed by atoms with E-state index in [1.807, 2.05) is 31.2 Å². The minimum atomic E-state index is -0.303. The molecule has 2 aliphatic rings. The number of amides is 3. The van der Waals surface area contributed by atoms with E-state index in [4.69, 9.17) is 42.4 Å². The minimum Gasteiger partial charge on any atom is -0.495 e. The molecule has 3 heterocycles. The number of rotatable bonds is 6. The molecule has 0 spiro atoms. The fraction of sp³-hybridized carbons (Fsp3) is 0.250. The van der Waals surface area contributed by atoms with Gasteiger partial charge in [-0.3, -0.25) is 19.6 Å². The summed E-state index contributed by atoms with van der Waals surface area (Å²) in [6.07, 6.45) is 3.01. The normalized spacial score (nSPS) is 14.4. The van der Waals surface area contributed by atoms with Gasteiger partial charge in [-0.25, -0.2) is 4.79 Å². The Balaban J connectivity index is 1.56. The van der Waals surface area contributed by atoms with Crippen LogP contribution in [0.1, 0.15) is 12.5 Å². The first-order valence-electron chi connectivity index (χ1n) is 12.2. The highest BCUT2D eigenvalue weighted by atomic mass is 35.5. The van der Waals surface area contributed by atoms with Crippen molar-refractivity contribution in [3.8, 4) is 28.5 Å². The molecule has 0 fully saturated rings. The average Bonchev–Trinajstić information content (AvgIpc) is 2.96. The molecule has 39 heavy (non-hydrogen) atoms. The number of fused-ring (bicyclic) bond motifs is 2. The van der Waals surface area contributed by atoms with Gasteiger partial charge in [-0.05, 0) is 37.3 Å². The van der Waals surface area contributed by atoms with Gasteiger partial charge in [0.1, 0.15) is 33.9 Å². The Morgan fingerprint density at radius 1 is 1.13 bits per heavy atom. The standard InChI is InChI=1S/C28H26Cl2N4O5/c1-5-24(35)33-9-10-39-21-8-7-16(11-20(21)33)18-12-19-17(14-31-18)15-34(28(36)32(19)6-2)27-25(29)22(37-3)13-23(38-4)26(27)30/h5,7-8,11-14H,1,6,9-10,15H2,2-4H3. The molecule has 5 rings (SSSR count). The van der Waals surface area contributed by atoms with Crippen molar-refractivity contribution >= 4 is 52.2 Å². The van der Waals surface area contributed by atoms with Gasteiger partial charge in [-0.1, -0.05) is 29.8 Å². The number of methoxy groups -OCH3 is 2. The Morgan fingerprint density at radius 2 is 1.85 bits per heavy atom. The largest absolute Gasteiger partial charge is 0.495 e. The number of benzene rings is 2. The SMILES string of the molecule is C=CC(=O)N1CCOc2ccc(-c3cc4c(cn3)CN(c3c(Cl)c(OC)cc(OC)c3Cl)C(=O)N4CC)cc21. The summed E-state index contributed by atoms with van der Waals surface area (Å²) in [7, 11) is 2.96. The maximum atomic E-state index is 13.8. The van der Waals surface area contributed by atoms with E-state index in [2.05, 4.69) is 6.58 Å². The van der Waals surface area contributed by atoms with Gasteiger partial charge in [0.05, 0.1) is 50.1 Å². The van der Waals surface area contributed by atoms with Crippen LogP contribution >= 0.6 is 23.2 Å². The molecule has 0 saturated heterocycles. The summed E-state index contributed by atoms with van der Waals surface area (Å²) in [6.45, 7) is 6.89. The van der Waals surface area contributed by atoms with Gasteiger partial charge >= 0.3 is 6.03 Å². The first kappa shape index (κ1) is 26.6. The number of carbonyl (C=O) groups is 2. The van der Waals surface area contributed by atoms with Gasteiger partial charge in [-0.15, -0.1) is 0 Å². The second-order valence-corrected chi connectivity index (χ2v) is 9.55. The highest BCUT2D eigenvalue weighted by molar-refractivity contribution is 6.42. The van der Waals surface area contributed by atoms with Crippen molar-refractivity contribution in [1.29, 1.82) is 0 Å². The summed E-state index contributed by atoms with van der Waals surface area (Å²) in [5, 5.41) is 0.409.